The van der Waals surface area contributed by atoms with E-state index in [-0.39, 0.29) is 6.42 Å². The number of nitrogens with two attached hydrogens (primary N) is 2. The minimum Gasteiger partial charge on any atom is -0.460 e. The second-order valence-corrected chi connectivity index (χ2v) is 8.17. The van der Waals surface area contributed by atoms with Gasteiger partial charge in [0.2, 0.25) is 5.84 Å². The van der Waals surface area contributed by atoms with E-state index in [0.717, 1.165) is 12.8 Å². The van der Waals surface area contributed by atoms with E-state index in [2.05, 4.69) is 5.16 Å². The SMILES string of the molecule is CC(C)(C)OC(=O)C[C@@H](CCCC1CCCCC1)C(=O)ON=C(N)C(N)=O. The molecule has 8 nitrogen and oxygen atoms in total. The van der Waals surface area contributed by atoms with Crippen molar-refractivity contribution in [1.29, 1.82) is 0 Å². The maximum absolute atomic E-state index is 12.3. The summed E-state index contributed by atoms with van der Waals surface area (Å²) in [6.07, 6.45) is 8.47. The van der Waals surface area contributed by atoms with Crippen LogP contribution in [0.2, 0.25) is 0 Å². The number of esters is 1. The van der Waals surface area contributed by atoms with Crippen molar-refractivity contribution in [1.82, 2.24) is 0 Å². The topological polar surface area (TPSA) is 134 Å². The smallest absolute Gasteiger partial charge is 0.338 e. The Morgan fingerprint density at radius 3 is 2.30 bits per heavy atom. The maximum atomic E-state index is 12.3. The summed E-state index contributed by atoms with van der Waals surface area (Å²) in [5.41, 5.74) is 9.57. The van der Waals surface area contributed by atoms with Crippen molar-refractivity contribution in [2.75, 3.05) is 0 Å². The summed E-state index contributed by atoms with van der Waals surface area (Å²) in [6, 6.07) is 0. The van der Waals surface area contributed by atoms with Crippen LogP contribution in [0.15, 0.2) is 5.16 Å². The van der Waals surface area contributed by atoms with E-state index in [1.807, 2.05) is 0 Å². The van der Waals surface area contributed by atoms with Crippen LogP contribution < -0.4 is 11.5 Å². The molecule has 0 aromatic heterocycles. The first-order valence-electron chi connectivity index (χ1n) is 9.64. The number of ether oxygens (including phenoxy) is 1. The third-order valence-corrected chi connectivity index (χ3v) is 4.54. The number of rotatable bonds is 8. The molecule has 8 heteroatoms. The molecule has 4 N–H and O–H groups in total. The van der Waals surface area contributed by atoms with Crippen molar-refractivity contribution in [2.24, 2.45) is 28.5 Å². The zero-order chi connectivity index (χ0) is 20.4. The molecule has 1 rings (SSSR count). The minimum atomic E-state index is -0.983. The highest BCUT2D eigenvalue weighted by Crippen LogP contribution is 2.29. The van der Waals surface area contributed by atoms with Gasteiger partial charge in [0.25, 0.3) is 5.91 Å². The van der Waals surface area contributed by atoms with Crippen LogP contribution >= 0.6 is 0 Å². The molecule has 0 aliphatic heterocycles. The quantitative estimate of drug-likeness (QED) is 0.217. The molecule has 0 aromatic carbocycles. The number of hydrogen-bond acceptors (Lipinski definition) is 6. The lowest BCUT2D eigenvalue weighted by molar-refractivity contribution is -0.161. The Bertz CT molecular complexity index is 548. The Morgan fingerprint density at radius 2 is 1.74 bits per heavy atom. The van der Waals surface area contributed by atoms with Gasteiger partial charge in [-0.3, -0.25) is 9.59 Å². The Hall–Kier alpha value is -2.12. The number of amides is 1. The Balaban J connectivity index is 2.63. The van der Waals surface area contributed by atoms with E-state index in [1.165, 1.54) is 32.1 Å². The molecule has 154 valence electrons. The van der Waals surface area contributed by atoms with Crippen LogP contribution in [-0.2, 0) is 24.0 Å². The van der Waals surface area contributed by atoms with E-state index < -0.39 is 35.2 Å². The predicted octanol–water partition coefficient (Wildman–Crippen LogP) is 2.39. The highest BCUT2D eigenvalue weighted by molar-refractivity contribution is 6.36. The largest absolute Gasteiger partial charge is 0.460 e. The lowest BCUT2D eigenvalue weighted by Gasteiger charge is -2.23. The van der Waals surface area contributed by atoms with Crippen LogP contribution in [0.3, 0.4) is 0 Å². The average molecular weight is 383 g/mol. The summed E-state index contributed by atoms with van der Waals surface area (Å²) in [5.74, 6) is -2.79. The number of carbonyl (C=O) groups excluding carboxylic acids is 3. The summed E-state index contributed by atoms with van der Waals surface area (Å²) in [4.78, 5) is 40.0. The van der Waals surface area contributed by atoms with Crippen LogP contribution in [0.25, 0.3) is 0 Å². The average Bonchev–Trinajstić information content (AvgIpc) is 2.57. The lowest BCUT2D eigenvalue weighted by Crippen LogP contribution is -2.32. The van der Waals surface area contributed by atoms with E-state index in [1.54, 1.807) is 20.8 Å². The molecule has 0 spiro atoms. The van der Waals surface area contributed by atoms with Gasteiger partial charge in [-0.05, 0) is 33.1 Å². The van der Waals surface area contributed by atoms with Crippen molar-refractivity contribution in [3.63, 3.8) is 0 Å². The standard InChI is InChI=1S/C19H33N3O5/c1-19(2,3)26-15(23)12-14(18(25)27-22-16(20)17(21)24)11-7-10-13-8-5-4-6-9-13/h13-14H,4-12H2,1-3H3,(H2,20,22)(H2,21,24)/t14-/m1/s1. The molecule has 0 aromatic rings. The molecular formula is C19H33N3O5. The van der Waals surface area contributed by atoms with Crippen LogP contribution in [-0.4, -0.2) is 29.3 Å². The van der Waals surface area contributed by atoms with Gasteiger partial charge in [0.15, 0.2) is 0 Å². The second-order valence-electron chi connectivity index (χ2n) is 8.17. The number of primary amides is 1. The van der Waals surface area contributed by atoms with E-state index in [9.17, 15) is 14.4 Å². The number of oxime groups is 1. The van der Waals surface area contributed by atoms with Gasteiger partial charge in [0.1, 0.15) is 5.60 Å². The summed E-state index contributed by atoms with van der Waals surface area (Å²) >= 11 is 0. The third kappa shape index (κ3) is 9.96. The van der Waals surface area contributed by atoms with Gasteiger partial charge in [-0.25, -0.2) is 4.79 Å². The lowest BCUT2D eigenvalue weighted by atomic mass is 9.84. The van der Waals surface area contributed by atoms with Crippen LogP contribution in [0.4, 0.5) is 0 Å². The van der Waals surface area contributed by atoms with E-state index >= 15 is 0 Å². The number of nitrogens with zero attached hydrogens (tertiary/aromatic N) is 1. The van der Waals surface area contributed by atoms with Crippen molar-refractivity contribution < 1.29 is 24.0 Å². The van der Waals surface area contributed by atoms with Gasteiger partial charge < -0.3 is 21.0 Å². The van der Waals surface area contributed by atoms with Gasteiger partial charge in [-0.2, -0.15) is 0 Å². The normalized spacial score (nSPS) is 17.2. The van der Waals surface area contributed by atoms with Crippen molar-refractivity contribution >= 4 is 23.7 Å². The molecule has 0 bridgehead atoms. The molecule has 1 atom stereocenters. The van der Waals surface area contributed by atoms with Crippen molar-refractivity contribution in [2.45, 2.75) is 84.2 Å². The monoisotopic (exact) mass is 383 g/mol. The number of carbonyl (C=O) groups is 3. The van der Waals surface area contributed by atoms with Gasteiger partial charge in [-0.15, -0.1) is 0 Å². The Labute approximate surface area is 161 Å². The molecule has 1 saturated carbocycles. The van der Waals surface area contributed by atoms with Gasteiger partial charge in [0.05, 0.1) is 12.3 Å². The summed E-state index contributed by atoms with van der Waals surface area (Å²) < 4.78 is 5.30. The zero-order valence-electron chi connectivity index (χ0n) is 16.7. The highest BCUT2D eigenvalue weighted by atomic mass is 16.7. The summed E-state index contributed by atoms with van der Waals surface area (Å²) in [6.45, 7) is 5.29. The predicted molar refractivity (Wildman–Crippen MR) is 101 cm³/mol. The molecule has 1 fully saturated rings. The summed E-state index contributed by atoms with van der Waals surface area (Å²) in [5, 5.41) is 3.24. The van der Waals surface area contributed by atoms with E-state index in [0.29, 0.717) is 12.3 Å². The Morgan fingerprint density at radius 1 is 1.11 bits per heavy atom. The molecular weight excluding hydrogens is 350 g/mol. The molecule has 1 amide bonds. The van der Waals surface area contributed by atoms with Gasteiger partial charge in [0, 0.05) is 0 Å². The first kappa shape index (κ1) is 22.9. The van der Waals surface area contributed by atoms with Crippen LogP contribution in [0, 0.1) is 11.8 Å². The maximum Gasteiger partial charge on any atom is 0.338 e. The molecule has 1 aliphatic carbocycles. The second kappa shape index (κ2) is 10.9. The number of amidine groups is 1. The minimum absolute atomic E-state index is 0.104. The van der Waals surface area contributed by atoms with E-state index in [4.69, 9.17) is 21.0 Å². The molecule has 0 heterocycles. The molecule has 0 unspecified atom stereocenters. The fraction of sp³-hybridized carbons (Fsp3) is 0.789. The first-order valence-corrected chi connectivity index (χ1v) is 9.64. The highest BCUT2D eigenvalue weighted by Gasteiger charge is 2.27. The zero-order valence-corrected chi connectivity index (χ0v) is 16.7. The Kier molecular flexibility index (Phi) is 9.25. The van der Waals surface area contributed by atoms with Gasteiger partial charge >= 0.3 is 11.9 Å². The number of hydrogen-bond donors (Lipinski definition) is 2. The van der Waals surface area contributed by atoms with Gasteiger partial charge in [-0.1, -0.05) is 50.1 Å². The van der Waals surface area contributed by atoms with Crippen molar-refractivity contribution in [3.05, 3.63) is 0 Å². The fourth-order valence-electron chi connectivity index (χ4n) is 3.23. The molecule has 0 saturated heterocycles. The van der Waals surface area contributed by atoms with Crippen LogP contribution in [0.1, 0.15) is 78.6 Å². The van der Waals surface area contributed by atoms with Crippen LogP contribution in [0.5, 0.6) is 0 Å². The first-order chi connectivity index (χ1) is 12.6. The fourth-order valence-corrected chi connectivity index (χ4v) is 3.23. The molecule has 1 aliphatic rings. The third-order valence-electron chi connectivity index (χ3n) is 4.54. The van der Waals surface area contributed by atoms with Crippen molar-refractivity contribution in [3.8, 4) is 0 Å². The molecule has 0 radical (unpaired) electrons. The summed E-state index contributed by atoms with van der Waals surface area (Å²) in [7, 11) is 0. The molecule has 27 heavy (non-hydrogen) atoms.